The third-order valence-corrected chi connectivity index (χ3v) is 3.77. The van der Waals surface area contributed by atoms with E-state index in [1.165, 1.54) is 0 Å². The highest BCUT2D eigenvalue weighted by Crippen LogP contribution is 2.22. The van der Waals surface area contributed by atoms with Crippen molar-refractivity contribution in [2.75, 3.05) is 33.0 Å². The van der Waals surface area contributed by atoms with Crippen LogP contribution in [0.1, 0.15) is 59.3 Å². The number of hydrogen-bond acceptors (Lipinski definition) is 4. The zero-order valence-corrected chi connectivity index (χ0v) is 14.1. The summed E-state index contributed by atoms with van der Waals surface area (Å²) < 4.78 is 23.5. The molecule has 0 aliphatic carbocycles. The summed E-state index contributed by atoms with van der Waals surface area (Å²) in [4.78, 5) is 0. The maximum atomic E-state index is 6.03. The molecule has 0 radical (unpaired) electrons. The lowest BCUT2D eigenvalue weighted by molar-refractivity contribution is -0.0795. The molecular weight excluding hydrogens is 268 g/mol. The smallest absolute Gasteiger partial charge is 0.114 e. The second-order valence-electron chi connectivity index (χ2n) is 5.75. The van der Waals surface area contributed by atoms with Crippen molar-refractivity contribution in [1.82, 2.24) is 0 Å². The summed E-state index contributed by atoms with van der Waals surface area (Å²) in [5, 5.41) is 0. The minimum Gasteiger partial charge on any atom is -0.379 e. The predicted octanol–water partition coefficient (Wildman–Crippen LogP) is 3.57. The Labute approximate surface area is 130 Å². The van der Waals surface area contributed by atoms with Crippen molar-refractivity contribution in [3.8, 4) is 0 Å². The molecule has 1 saturated heterocycles. The summed E-state index contributed by atoms with van der Waals surface area (Å²) in [6.45, 7) is 10.1. The van der Waals surface area contributed by atoms with Crippen LogP contribution in [-0.4, -0.2) is 51.3 Å². The lowest BCUT2D eigenvalue weighted by Gasteiger charge is -2.23. The molecule has 3 atom stereocenters. The quantitative estimate of drug-likeness (QED) is 0.487. The minimum absolute atomic E-state index is 0.0188. The minimum atomic E-state index is 0.0188. The average molecular weight is 302 g/mol. The molecular formula is C17H34O4. The maximum absolute atomic E-state index is 6.03. The van der Waals surface area contributed by atoms with Gasteiger partial charge in [-0.25, -0.2) is 0 Å². The molecule has 0 saturated carbocycles. The maximum Gasteiger partial charge on any atom is 0.114 e. The van der Waals surface area contributed by atoms with Crippen LogP contribution in [0, 0.1) is 0 Å². The predicted molar refractivity (Wildman–Crippen MR) is 84.8 cm³/mol. The van der Waals surface area contributed by atoms with Crippen LogP contribution in [0.15, 0.2) is 0 Å². The van der Waals surface area contributed by atoms with Crippen molar-refractivity contribution in [1.29, 1.82) is 0 Å². The summed E-state index contributed by atoms with van der Waals surface area (Å²) in [6, 6.07) is 0. The van der Waals surface area contributed by atoms with Gasteiger partial charge in [-0.2, -0.15) is 0 Å². The lowest BCUT2D eigenvalue weighted by Crippen LogP contribution is -2.38. The Kier molecular flexibility index (Phi) is 11.1. The number of rotatable bonds is 13. The summed E-state index contributed by atoms with van der Waals surface area (Å²) >= 11 is 0. The van der Waals surface area contributed by atoms with Gasteiger partial charge in [-0.1, -0.05) is 40.0 Å². The van der Waals surface area contributed by atoms with Gasteiger partial charge in [0.1, 0.15) is 18.3 Å². The van der Waals surface area contributed by atoms with Crippen LogP contribution in [0.3, 0.4) is 0 Å². The molecule has 0 N–H and O–H groups in total. The van der Waals surface area contributed by atoms with Gasteiger partial charge in [-0.3, -0.25) is 0 Å². The van der Waals surface area contributed by atoms with Crippen LogP contribution >= 0.6 is 0 Å². The van der Waals surface area contributed by atoms with E-state index in [-0.39, 0.29) is 18.3 Å². The van der Waals surface area contributed by atoms with Crippen molar-refractivity contribution in [3.05, 3.63) is 0 Å². The topological polar surface area (TPSA) is 36.9 Å². The molecule has 126 valence electrons. The molecule has 0 spiro atoms. The van der Waals surface area contributed by atoms with Gasteiger partial charge in [0.15, 0.2) is 0 Å². The summed E-state index contributed by atoms with van der Waals surface area (Å²) in [5.74, 6) is 0. The first-order chi connectivity index (χ1) is 10.3. The molecule has 1 fully saturated rings. The second kappa shape index (κ2) is 12.4. The Morgan fingerprint density at radius 3 is 2.14 bits per heavy atom. The zero-order valence-electron chi connectivity index (χ0n) is 14.1. The van der Waals surface area contributed by atoms with E-state index in [0.29, 0.717) is 13.2 Å². The summed E-state index contributed by atoms with van der Waals surface area (Å²) in [6.07, 6.45) is 6.84. The van der Waals surface area contributed by atoms with E-state index in [0.717, 1.165) is 58.3 Å². The highest BCUT2D eigenvalue weighted by molar-refractivity contribution is 4.86. The van der Waals surface area contributed by atoms with Gasteiger partial charge in [0.2, 0.25) is 0 Å². The summed E-state index contributed by atoms with van der Waals surface area (Å²) in [5.41, 5.74) is 0. The largest absolute Gasteiger partial charge is 0.379 e. The van der Waals surface area contributed by atoms with Crippen LogP contribution in [0.5, 0.6) is 0 Å². The third-order valence-electron chi connectivity index (χ3n) is 3.77. The summed E-state index contributed by atoms with van der Waals surface area (Å²) in [7, 11) is 0. The van der Waals surface area contributed by atoms with Crippen molar-refractivity contribution >= 4 is 0 Å². The second-order valence-corrected chi connectivity index (χ2v) is 5.75. The van der Waals surface area contributed by atoms with Crippen LogP contribution in [0.4, 0.5) is 0 Å². The first-order valence-corrected chi connectivity index (χ1v) is 8.75. The first kappa shape index (κ1) is 18.9. The molecule has 0 aromatic heterocycles. The molecule has 21 heavy (non-hydrogen) atoms. The van der Waals surface area contributed by atoms with Crippen molar-refractivity contribution in [2.24, 2.45) is 0 Å². The molecule has 0 aromatic rings. The Hall–Kier alpha value is -0.160. The van der Waals surface area contributed by atoms with Crippen molar-refractivity contribution in [2.45, 2.75) is 77.6 Å². The van der Waals surface area contributed by atoms with Gasteiger partial charge >= 0.3 is 0 Å². The molecule has 0 amide bonds. The van der Waals surface area contributed by atoms with E-state index < -0.39 is 0 Å². The Balaban J connectivity index is 2.36. The van der Waals surface area contributed by atoms with Gasteiger partial charge in [-0.05, 0) is 19.3 Å². The number of unbranched alkanes of at least 4 members (excludes halogenated alkanes) is 3. The van der Waals surface area contributed by atoms with Crippen LogP contribution < -0.4 is 0 Å². The molecule has 1 unspecified atom stereocenters. The first-order valence-electron chi connectivity index (χ1n) is 8.75. The number of ether oxygens (including phenoxy) is 4. The fourth-order valence-corrected chi connectivity index (χ4v) is 2.34. The Bertz CT molecular complexity index is 235. The average Bonchev–Trinajstić information content (AvgIpc) is 2.87. The monoisotopic (exact) mass is 302 g/mol. The fraction of sp³-hybridized carbons (Fsp3) is 1.00. The van der Waals surface area contributed by atoms with Gasteiger partial charge in [0.05, 0.1) is 13.2 Å². The molecule has 4 nitrogen and oxygen atoms in total. The molecule has 4 heteroatoms. The van der Waals surface area contributed by atoms with Gasteiger partial charge in [-0.15, -0.1) is 0 Å². The van der Waals surface area contributed by atoms with Crippen LogP contribution in [0.2, 0.25) is 0 Å². The van der Waals surface area contributed by atoms with E-state index in [1.54, 1.807) is 0 Å². The molecule has 0 bridgehead atoms. The van der Waals surface area contributed by atoms with E-state index in [2.05, 4.69) is 20.8 Å². The fourth-order valence-electron chi connectivity index (χ4n) is 2.34. The normalized spacial score (nSPS) is 25.6. The SMILES string of the molecule is CCCCOCC1OC[C@@H](OCCCC)[C@H]1OCCCC. The van der Waals surface area contributed by atoms with Crippen molar-refractivity contribution < 1.29 is 18.9 Å². The zero-order chi connectivity index (χ0) is 15.3. The molecule has 1 aliphatic rings. The van der Waals surface area contributed by atoms with E-state index >= 15 is 0 Å². The Morgan fingerprint density at radius 2 is 1.48 bits per heavy atom. The van der Waals surface area contributed by atoms with Gasteiger partial charge < -0.3 is 18.9 Å². The van der Waals surface area contributed by atoms with E-state index in [4.69, 9.17) is 18.9 Å². The third kappa shape index (κ3) is 7.59. The van der Waals surface area contributed by atoms with Crippen LogP contribution in [0.25, 0.3) is 0 Å². The molecule has 1 rings (SSSR count). The van der Waals surface area contributed by atoms with Gasteiger partial charge in [0.25, 0.3) is 0 Å². The molecule has 0 aromatic carbocycles. The lowest BCUT2D eigenvalue weighted by atomic mass is 10.1. The van der Waals surface area contributed by atoms with Gasteiger partial charge in [0, 0.05) is 19.8 Å². The van der Waals surface area contributed by atoms with E-state index in [9.17, 15) is 0 Å². The van der Waals surface area contributed by atoms with E-state index in [1.807, 2.05) is 0 Å². The molecule has 1 heterocycles. The van der Waals surface area contributed by atoms with Crippen molar-refractivity contribution in [3.63, 3.8) is 0 Å². The molecule has 1 aliphatic heterocycles. The Morgan fingerprint density at radius 1 is 0.857 bits per heavy atom. The van der Waals surface area contributed by atoms with Crippen LogP contribution in [-0.2, 0) is 18.9 Å². The highest BCUT2D eigenvalue weighted by Gasteiger charge is 2.38. The number of hydrogen-bond donors (Lipinski definition) is 0. The highest BCUT2D eigenvalue weighted by atomic mass is 16.6. The standard InChI is InChI=1S/C17H34O4/c1-4-7-10-18-13-15-17(20-12-9-6-3)16(14-21-15)19-11-8-5-2/h15-17H,4-14H2,1-3H3/t15?,16-,17+/m1/s1.